The van der Waals surface area contributed by atoms with Crippen molar-refractivity contribution in [2.24, 2.45) is 0 Å². The van der Waals surface area contributed by atoms with Gasteiger partial charge in [-0.3, -0.25) is 0 Å². The summed E-state index contributed by atoms with van der Waals surface area (Å²) in [7, 11) is 0. The Morgan fingerprint density at radius 1 is 1.44 bits per heavy atom. The quantitative estimate of drug-likeness (QED) is 0.792. The molecule has 2 aromatic rings. The fourth-order valence-corrected chi connectivity index (χ4v) is 2.06. The van der Waals surface area contributed by atoms with E-state index in [1.54, 1.807) is 0 Å². The summed E-state index contributed by atoms with van der Waals surface area (Å²) in [6, 6.07) is 6.27. The fraction of sp³-hybridized carbons (Fsp3) is 0.308. The van der Waals surface area contributed by atoms with Crippen molar-refractivity contribution in [1.29, 1.82) is 0 Å². The molecule has 0 fully saturated rings. The van der Waals surface area contributed by atoms with Gasteiger partial charge < -0.3 is 9.72 Å². The molecule has 2 heterocycles. The van der Waals surface area contributed by atoms with Crippen molar-refractivity contribution in [1.82, 2.24) is 9.97 Å². The summed E-state index contributed by atoms with van der Waals surface area (Å²) < 4.78 is 5.71. The minimum absolute atomic E-state index is 0.572. The zero-order valence-electron chi connectivity index (χ0n) is 9.50. The van der Waals surface area contributed by atoms with Gasteiger partial charge >= 0.3 is 0 Å². The van der Waals surface area contributed by atoms with Gasteiger partial charge in [0.1, 0.15) is 23.9 Å². The highest BCUT2D eigenvalue weighted by molar-refractivity contribution is 5.71. The molecule has 1 aromatic carbocycles. The van der Waals surface area contributed by atoms with E-state index in [4.69, 9.17) is 4.74 Å². The molecule has 0 atom stereocenters. The van der Waals surface area contributed by atoms with Gasteiger partial charge in [-0.2, -0.15) is 0 Å². The molecule has 3 nitrogen and oxygen atoms in total. The Labute approximate surface area is 94.5 Å². The molecule has 1 aliphatic heterocycles. The SMILES string of the molecule is CCc1nc2c([nH]1)-c1ccc(C)cc1OC2. The van der Waals surface area contributed by atoms with Crippen molar-refractivity contribution in [3.63, 3.8) is 0 Å². The molecule has 0 spiro atoms. The Bertz CT molecular complexity index is 543. The number of rotatable bonds is 1. The van der Waals surface area contributed by atoms with Crippen LogP contribution in [0, 0.1) is 6.92 Å². The number of aromatic amines is 1. The Morgan fingerprint density at radius 2 is 2.31 bits per heavy atom. The lowest BCUT2D eigenvalue weighted by molar-refractivity contribution is 0.297. The summed E-state index contributed by atoms with van der Waals surface area (Å²) in [5, 5.41) is 0. The van der Waals surface area contributed by atoms with E-state index >= 15 is 0 Å². The van der Waals surface area contributed by atoms with Crippen LogP contribution in [0.3, 0.4) is 0 Å². The predicted octanol–water partition coefficient (Wildman–Crippen LogP) is 2.84. The average molecular weight is 214 g/mol. The number of aryl methyl sites for hydroxylation is 2. The molecule has 0 unspecified atom stereocenters. The van der Waals surface area contributed by atoms with Gasteiger partial charge in [0, 0.05) is 12.0 Å². The number of nitrogens with one attached hydrogen (secondary N) is 1. The first-order chi connectivity index (χ1) is 7.78. The van der Waals surface area contributed by atoms with E-state index in [0.29, 0.717) is 6.61 Å². The molecule has 16 heavy (non-hydrogen) atoms. The van der Waals surface area contributed by atoms with Gasteiger partial charge in [0.15, 0.2) is 0 Å². The minimum atomic E-state index is 0.572. The number of aromatic nitrogens is 2. The predicted molar refractivity (Wildman–Crippen MR) is 62.5 cm³/mol. The Balaban J connectivity index is 2.18. The van der Waals surface area contributed by atoms with E-state index in [0.717, 1.165) is 34.9 Å². The first kappa shape index (κ1) is 9.46. The lowest BCUT2D eigenvalue weighted by atomic mass is 10.0. The normalized spacial score (nSPS) is 12.9. The summed E-state index contributed by atoms with van der Waals surface area (Å²) >= 11 is 0. The van der Waals surface area contributed by atoms with Crippen LogP contribution in [-0.4, -0.2) is 9.97 Å². The maximum Gasteiger partial charge on any atom is 0.132 e. The summed E-state index contributed by atoms with van der Waals surface area (Å²) in [5.41, 5.74) is 4.49. The van der Waals surface area contributed by atoms with E-state index in [1.807, 2.05) is 0 Å². The van der Waals surface area contributed by atoms with Crippen LogP contribution < -0.4 is 4.74 Å². The summed E-state index contributed by atoms with van der Waals surface area (Å²) in [5.74, 6) is 1.99. The molecular formula is C13H14N2O. The second kappa shape index (κ2) is 3.37. The summed E-state index contributed by atoms with van der Waals surface area (Å²) in [6.07, 6.45) is 0.925. The third-order valence-electron chi connectivity index (χ3n) is 2.93. The van der Waals surface area contributed by atoms with Crippen molar-refractivity contribution >= 4 is 0 Å². The minimum Gasteiger partial charge on any atom is -0.486 e. The first-order valence-corrected chi connectivity index (χ1v) is 5.59. The van der Waals surface area contributed by atoms with E-state index in [-0.39, 0.29) is 0 Å². The van der Waals surface area contributed by atoms with Crippen LogP contribution in [0.4, 0.5) is 0 Å². The zero-order chi connectivity index (χ0) is 11.1. The molecule has 0 amide bonds. The molecule has 1 N–H and O–H groups in total. The third-order valence-corrected chi connectivity index (χ3v) is 2.93. The van der Waals surface area contributed by atoms with Gasteiger partial charge in [-0.05, 0) is 24.6 Å². The number of hydrogen-bond donors (Lipinski definition) is 1. The molecule has 82 valence electrons. The second-order valence-corrected chi connectivity index (χ2v) is 4.15. The van der Waals surface area contributed by atoms with E-state index in [9.17, 15) is 0 Å². The fourth-order valence-electron chi connectivity index (χ4n) is 2.06. The zero-order valence-corrected chi connectivity index (χ0v) is 9.50. The van der Waals surface area contributed by atoms with Crippen molar-refractivity contribution in [3.05, 3.63) is 35.3 Å². The molecule has 0 saturated carbocycles. The topological polar surface area (TPSA) is 37.9 Å². The maximum absolute atomic E-state index is 5.71. The second-order valence-electron chi connectivity index (χ2n) is 4.15. The average Bonchev–Trinajstić information content (AvgIpc) is 2.71. The van der Waals surface area contributed by atoms with Crippen molar-refractivity contribution in [3.8, 4) is 17.0 Å². The van der Waals surface area contributed by atoms with Gasteiger partial charge in [0.2, 0.25) is 0 Å². The lowest BCUT2D eigenvalue weighted by Crippen LogP contribution is -2.05. The van der Waals surface area contributed by atoms with Gasteiger partial charge in [-0.15, -0.1) is 0 Å². The van der Waals surface area contributed by atoms with Crippen LogP contribution in [0.5, 0.6) is 5.75 Å². The molecule has 3 heteroatoms. The highest BCUT2D eigenvalue weighted by atomic mass is 16.5. The van der Waals surface area contributed by atoms with Crippen LogP contribution >= 0.6 is 0 Å². The molecule has 1 aliphatic rings. The molecule has 0 radical (unpaired) electrons. The van der Waals surface area contributed by atoms with Crippen LogP contribution in [0.15, 0.2) is 18.2 Å². The molecule has 3 rings (SSSR count). The molecular weight excluding hydrogens is 200 g/mol. The highest BCUT2D eigenvalue weighted by Gasteiger charge is 2.20. The van der Waals surface area contributed by atoms with E-state index in [2.05, 4.69) is 42.0 Å². The Hall–Kier alpha value is -1.77. The summed E-state index contributed by atoms with van der Waals surface area (Å²) in [4.78, 5) is 7.88. The Morgan fingerprint density at radius 3 is 3.12 bits per heavy atom. The number of ether oxygens (including phenoxy) is 1. The summed E-state index contributed by atoms with van der Waals surface area (Å²) in [6.45, 7) is 4.74. The van der Waals surface area contributed by atoms with Gasteiger partial charge in [-0.25, -0.2) is 4.98 Å². The van der Waals surface area contributed by atoms with E-state index in [1.165, 1.54) is 5.56 Å². The molecule has 1 aromatic heterocycles. The third kappa shape index (κ3) is 1.32. The smallest absolute Gasteiger partial charge is 0.132 e. The van der Waals surface area contributed by atoms with Crippen LogP contribution in [0.1, 0.15) is 24.0 Å². The van der Waals surface area contributed by atoms with Crippen LogP contribution in [-0.2, 0) is 13.0 Å². The maximum atomic E-state index is 5.71. The molecule has 0 aliphatic carbocycles. The largest absolute Gasteiger partial charge is 0.486 e. The van der Waals surface area contributed by atoms with Gasteiger partial charge in [0.05, 0.1) is 5.69 Å². The number of imidazole rings is 1. The molecule has 0 bridgehead atoms. The van der Waals surface area contributed by atoms with Crippen LogP contribution in [0.2, 0.25) is 0 Å². The van der Waals surface area contributed by atoms with Crippen LogP contribution in [0.25, 0.3) is 11.3 Å². The first-order valence-electron chi connectivity index (χ1n) is 5.59. The molecule has 0 saturated heterocycles. The monoisotopic (exact) mass is 214 g/mol. The lowest BCUT2D eigenvalue weighted by Gasteiger charge is -2.16. The number of hydrogen-bond acceptors (Lipinski definition) is 2. The Kier molecular flexibility index (Phi) is 1.99. The number of H-pyrrole nitrogens is 1. The van der Waals surface area contributed by atoms with Crippen molar-refractivity contribution in [2.75, 3.05) is 0 Å². The number of benzene rings is 1. The van der Waals surface area contributed by atoms with Crippen molar-refractivity contribution < 1.29 is 4.74 Å². The van der Waals surface area contributed by atoms with Gasteiger partial charge in [-0.1, -0.05) is 13.0 Å². The standard InChI is InChI=1S/C13H14N2O/c1-3-12-14-10-7-16-11-6-8(2)4-5-9(11)13(10)15-12/h4-6H,3,7H2,1-2H3,(H,14,15). The van der Waals surface area contributed by atoms with Crippen molar-refractivity contribution in [2.45, 2.75) is 26.9 Å². The highest BCUT2D eigenvalue weighted by Crippen LogP contribution is 2.36. The van der Waals surface area contributed by atoms with Gasteiger partial charge in [0.25, 0.3) is 0 Å². The van der Waals surface area contributed by atoms with E-state index < -0.39 is 0 Å². The number of nitrogens with zero attached hydrogens (tertiary/aromatic N) is 1. The number of fused-ring (bicyclic) bond motifs is 3.